The molecule has 1 aliphatic rings. The van der Waals surface area contributed by atoms with Crippen molar-refractivity contribution >= 4 is 5.69 Å². The van der Waals surface area contributed by atoms with E-state index in [1.807, 2.05) is 4.68 Å². The molecule has 1 atom stereocenters. The van der Waals surface area contributed by atoms with E-state index >= 15 is 0 Å². The molecule has 0 amide bonds. The molecule has 1 fully saturated rings. The molecule has 0 saturated carbocycles. The first-order chi connectivity index (χ1) is 10.8. The molecule has 0 radical (unpaired) electrons. The predicted molar refractivity (Wildman–Crippen MR) is 87.3 cm³/mol. The van der Waals surface area contributed by atoms with Crippen LogP contribution in [0.25, 0.3) is 0 Å². The number of rotatable bonds is 6. The van der Waals surface area contributed by atoms with Crippen molar-refractivity contribution in [2.45, 2.75) is 32.7 Å². The molecule has 1 aromatic heterocycles. The highest BCUT2D eigenvalue weighted by molar-refractivity contribution is 5.48. The van der Waals surface area contributed by atoms with Crippen LogP contribution >= 0.6 is 0 Å². The lowest BCUT2D eigenvalue weighted by molar-refractivity contribution is 0.193. The van der Waals surface area contributed by atoms with Crippen LogP contribution in [0.4, 0.5) is 5.69 Å². The molecule has 2 heterocycles. The Morgan fingerprint density at radius 3 is 3.05 bits per heavy atom. The zero-order valence-electron chi connectivity index (χ0n) is 13.4. The SMILES string of the molecule is CCN(CCn1cc([C@@H]2CCOC2)nn1)c1cccc(C)c1. The minimum Gasteiger partial charge on any atom is -0.381 e. The Labute approximate surface area is 131 Å². The molecule has 0 spiro atoms. The van der Waals surface area contributed by atoms with E-state index in [2.05, 4.69) is 59.5 Å². The van der Waals surface area contributed by atoms with Crippen molar-refractivity contribution in [3.8, 4) is 0 Å². The highest BCUT2D eigenvalue weighted by Crippen LogP contribution is 2.22. The molecule has 1 aromatic carbocycles. The molecular weight excluding hydrogens is 276 g/mol. The van der Waals surface area contributed by atoms with Gasteiger partial charge in [-0.2, -0.15) is 0 Å². The van der Waals surface area contributed by atoms with Gasteiger partial charge in [-0.15, -0.1) is 5.10 Å². The van der Waals surface area contributed by atoms with E-state index in [1.54, 1.807) is 0 Å². The second-order valence-electron chi connectivity index (χ2n) is 5.89. The molecule has 0 bridgehead atoms. The number of benzene rings is 1. The summed E-state index contributed by atoms with van der Waals surface area (Å²) in [5.74, 6) is 0.424. The lowest BCUT2D eigenvalue weighted by Gasteiger charge is -2.23. The topological polar surface area (TPSA) is 43.2 Å². The zero-order valence-corrected chi connectivity index (χ0v) is 13.4. The van der Waals surface area contributed by atoms with Crippen LogP contribution in [0, 0.1) is 6.92 Å². The summed E-state index contributed by atoms with van der Waals surface area (Å²) in [5.41, 5.74) is 3.63. The first-order valence-electron chi connectivity index (χ1n) is 8.05. The Bertz CT molecular complexity index is 604. The number of hydrogen-bond acceptors (Lipinski definition) is 4. The summed E-state index contributed by atoms with van der Waals surface area (Å²) in [4.78, 5) is 2.37. The monoisotopic (exact) mass is 300 g/mol. The van der Waals surface area contributed by atoms with Crippen molar-refractivity contribution in [3.05, 3.63) is 41.7 Å². The quantitative estimate of drug-likeness (QED) is 0.822. The van der Waals surface area contributed by atoms with Crippen LogP contribution in [0.2, 0.25) is 0 Å². The summed E-state index contributed by atoms with van der Waals surface area (Å²) >= 11 is 0. The first-order valence-corrected chi connectivity index (χ1v) is 8.05. The standard InChI is InChI=1S/C17H24N4O/c1-3-20(16-6-4-5-14(2)11-16)8-9-21-12-17(18-19-21)15-7-10-22-13-15/h4-6,11-12,15H,3,7-10,13H2,1-2H3/t15-/m1/s1. The third-order valence-corrected chi connectivity index (χ3v) is 4.25. The maximum atomic E-state index is 5.42. The van der Waals surface area contributed by atoms with Crippen molar-refractivity contribution in [3.63, 3.8) is 0 Å². The molecule has 5 heteroatoms. The summed E-state index contributed by atoms with van der Waals surface area (Å²) in [6.07, 6.45) is 3.13. The number of anilines is 1. The molecule has 3 rings (SSSR count). The number of aromatic nitrogens is 3. The van der Waals surface area contributed by atoms with Gasteiger partial charge < -0.3 is 9.64 Å². The molecule has 0 N–H and O–H groups in total. The van der Waals surface area contributed by atoms with Crippen LogP contribution in [-0.4, -0.2) is 41.3 Å². The van der Waals surface area contributed by atoms with E-state index in [9.17, 15) is 0 Å². The summed E-state index contributed by atoms with van der Waals surface area (Å²) < 4.78 is 7.37. The molecule has 1 saturated heterocycles. The molecule has 5 nitrogen and oxygen atoms in total. The number of ether oxygens (including phenoxy) is 1. The Hall–Kier alpha value is -1.88. The van der Waals surface area contributed by atoms with Gasteiger partial charge in [0.15, 0.2) is 0 Å². The summed E-state index contributed by atoms with van der Waals surface area (Å²) in [5, 5.41) is 8.57. The van der Waals surface area contributed by atoms with E-state index in [-0.39, 0.29) is 0 Å². The fourth-order valence-electron chi connectivity index (χ4n) is 2.90. The highest BCUT2D eigenvalue weighted by atomic mass is 16.5. The van der Waals surface area contributed by atoms with Gasteiger partial charge in [0.1, 0.15) is 0 Å². The minimum atomic E-state index is 0.424. The predicted octanol–water partition coefficient (Wildman–Crippen LogP) is 2.62. The van der Waals surface area contributed by atoms with Crippen LogP contribution in [0.1, 0.15) is 30.5 Å². The normalized spacial score (nSPS) is 17.8. The lowest BCUT2D eigenvalue weighted by Crippen LogP contribution is -2.27. The van der Waals surface area contributed by atoms with Gasteiger partial charge in [0.25, 0.3) is 0 Å². The van der Waals surface area contributed by atoms with Gasteiger partial charge in [0, 0.05) is 37.5 Å². The van der Waals surface area contributed by atoms with Crippen LogP contribution in [0.3, 0.4) is 0 Å². The average molecular weight is 300 g/mol. The van der Waals surface area contributed by atoms with Crippen LogP contribution in [0.5, 0.6) is 0 Å². The van der Waals surface area contributed by atoms with Gasteiger partial charge in [-0.1, -0.05) is 17.3 Å². The van der Waals surface area contributed by atoms with E-state index in [4.69, 9.17) is 4.74 Å². The Morgan fingerprint density at radius 2 is 2.32 bits per heavy atom. The minimum absolute atomic E-state index is 0.424. The second kappa shape index (κ2) is 6.92. The first kappa shape index (κ1) is 15.0. The van der Waals surface area contributed by atoms with Crippen LogP contribution in [0.15, 0.2) is 30.5 Å². The number of hydrogen-bond donors (Lipinski definition) is 0. The van der Waals surface area contributed by atoms with Crippen molar-refractivity contribution in [1.82, 2.24) is 15.0 Å². The Balaban J connectivity index is 1.61. The molecule has 0 unspecified atom stereocenters. The molecule has 118 valence electrons. The van der Waals surface area contributed by atoms with Gasteiger partial charge in [-0.3, -0.25) is 4.68 Å². The van der Waals surface area contributed by atoms with E-state index in [0.29, 0.717) is 5.92 Å². The fraction of sp³-hybridized carbons (Fsp3) is 0.529. The van der Waals surface area contributed by atoms with Gasteiger partial charge in [-0.25, -0.2) is 0 Å². The van der Waals surface area contributed by atoms with Crippen molar-refractivity contribution in [2.75, 3.05) is 31.2 Å². The summed E-state index contributed by atoms with van der Waals surface area (Å²) in [7, 11) is 0. The van der Waals surface area contributed by atoms with E-state index in [0.717, 1.165) is 45.0 Å². The van der Waals surface area contributed by atoms with Crippen molar-refractivity contribution in [2.24, 2.45) is 0 Å². The number of aryl methyl sites for hydroxylation is 1. The Morgan fingerprint density at radius 1 is 1.41 bits per heavy atom. The van der Waals surface area contributed by atoms with Gasteiger partial charge >= 0.3 is 0 Å². The van der Waals surface area contributed by atoms with Crippen molar-refractivity contribution < 1.29 is 4.74 Å². The number of nitrogens with zero attached hydrogens (tertiary/aromatic N) is 4. The van der Waals surface area contributed by atoms with Gasteiger partial charge in [0.05, 0.1) is 18.8 Å². The lowest BCUT2D eigenvalue weighted by atomic mass is 10.1. The van der Waals surface area contributed by atoms with Gasteiger partial charge in [-0.05, 0) is 38.0 Å². The molecular formula is C17H24N4O. The smallest absolute Gasteiger partial charge is 0.0881 e. The van der Waals surface area contributed by atoms with Crippen LogP contribution < -0.4 is 4.90 Å². The molecule has 1 aliphatic heterocycles. The van der Waals surface area contributed by atoms with E-state index in [1.165, 1.54) is 11.3 Å². The summed E-state index contributed by atoms with van der Waals surface area (Å²) in [6.45, 7) is 8.71. The zero-order chi connectivity index (χ0) is 15.4. The van der Waals surface area contributed by atoms with Gasteiger partial charge in [0.2, 0.25) is 0 Å². The number of likely N-dealkylation sites (N-methyl/N-ethyl adjacent to an activating group) is 1. The molecule has 2 aromatic rings. The van der Waals surface area contributed by atoms with Crippen LogP contribution in [-0.2, 0) is 11.3 Å². The Kier molecular flexibility index (Phi) is 4.73. The molecule has 0 aliphatic carbocycles. The average Bonchev–Trinajstić information content (AvgIpc) is 3.19. The molecule has 22 heavy (non-hydrogen) atoms. The highest BCUT2D eigenvalue weighted by Gasteiger charge is 2.20. The fourth-order valence-corrected chi connectivity index (χ4v) is 2.90. The van der Waals surface area contributed by atoms with Crippen molar-refractivity contribution in [1.29, 1.82) is 0 Å². The largest absolute Gasteiger partial charge is 0.381 e. The van der Waals surface area contributed by atoms with E-state index < -0.39 is 0 Å². The maximum absolute atomic E-state index is 5.42. The summed E-state index contributed by atoms with van der Waals surface area (Å²) in [6, 6.07) is 8.64. The third kappa shape index (κ3) is 3.47. The third-order valence-electron chi connectivity index (χ3n) is 4.25. The second-order valence-corrected chi connectivity index (χ2v) is 5.89. The maximum Gasteiger partial charge on any atom is 0.0881 e.